The molecule has 0 saturated carbocycles. The molecule has 146 valence electrons. The van der Waals surface area contributed by atoms with E-state index < -0.39 is 6.10 Å². The minimum Gasteiger partial charge on any atom is -0.389 e. The number of ether oxygens (including phenoxy) is 2. The number of hydrogen-bond acceptors (Lipinski definition) is 4. The summed E-state index contributed by atoms with van der Waals surface area (Å²) in [6.07, 6.45) is 1.73. The Hall–Kier alpha value is -1.79. The summed E-state index contributed by atoms with van der Waals surface area (Å²) in [5.74, 6) is -0.237. The van der Waals surface area contributed by atoms with Crippen molar-refractivity contribution < 1.29 is 19.0 Å². The monoisotopic (exact) mass is 373 g/mol. The second-order valence-electron chi connectivity index (χ2n) is 7.11. The molecule has 1 aliphatic rings. The van der Waals surface area contributed by atoms with Crippen LogP contribution in [0.2, 0.25) is 0 Å². The number of halogens is 1. The smallest absolute Gasteiger partial charge is 0.123 e. The number of hydrogen-bond donors (Lipinski definition) is 1. The van der Waals surface area contributed by atoms with E-state index in [9.17, 15) is 9.50 Å². The molecule has 1 saturated heterocycles. The van der Waals surface area contributed by atoms with Crippen LogP contribution < -0.4 is 0 Å². The van der Waals surface area contributed by atoms with Crippen molar-refractivity contribution in [2.45, 2.75) is 38.2 Å². The Morgan fingerprint density at radius 2 is 1.89 bits per heavy atom. The SMILES string of the molecule is OC(COCc1ccccc1)CN(Cc1ccc(F)cc1)CC1CCCO1. The first-order valence-corrected chi connectivity index (χ1v) is 9.57. The molecule has 1 heterocycles. The van der Waals surface area contributed by atoms with E-state index in [0.29, 0.717) is 19.7 Å². The third-order valence-electron chi connectivity index (χ3n) is 4.70. The lowest BCUT2D eigenvalue weighted by Gasteiger charge is -2.27. The number of nitrogens with zero attached hydrogens (tertiary/aromatic N) is 1. The lowest BCUT2D eigenvalue weighted by atomic mass is 10.1. The molecule has 3 rings (SSSR count). The van der Waals surface area contributed by atoms with Crippen LogP contribution in [0.3, 0.4) is 0 Å². The van der Waals surface area contributed by atoms with Crippen LogP contribution in [0.4, 0.5) is 4.39 Å². The Labute approximate surface area is 160 Å². The fourth-order valence-corrected chi connectivity index (χ4v) is 3.37. The predicted molar refractivity (Wildman–Crippen MR) is 103 cm³/mol. The fraction of sp³-hybridized carbons (Fsp3) is 0.455. The second kappa shape index (κ2) is 10.5. The van der Waals surface area contributed by atoms with Crippen molar-refractivity contribution in [2.24, 2.45) is 0 Å². The van der Waals surface area contributed by atoms with Gasteiger partial charge in [0.15, 0.2) is 0 Å². The van der Waals surface area contributed by atoms with Gasteiger partial charge in [-0.05, 0) is 36.1 Å². The summed E-state index contributed by atoms with van der Waals surface area (Å²) >= 11 is 0. The van der Waals surface area contributed by atoms with Crippen LogP contribution in [-0.2, 0) is 22.6 Å². The van der Waals surface area contributed by atoms with Crippen molar-refractivity contribution in [3.8, 4) is 0 Å². The van der Waals surface area contributed by atoms with Crippen molar-refractivity contribution in [3.05, 3.63) is 71.5 Å². The molecular weight excluding hydrogens is 345 g/mol. The van der Waals surface area contributed by atoms with E-state index in [1.54, 1.807) is 12.1 Å². The zero-order chi connectivity index (χ0) is 18.9. The van der Waals surface area contributed by atoms with Crippen molar-refractivity contribution in [2.75, 3.05) is 26.3 Å². The lowest BCUT2D eigenvalue weighted by molar-refractivity contribution is -0.00287. The van der Waals surface area contributed by atoms with Crippen molar-refractivity contribution >= 4 is 0 Å². The highest BCUT2D eigenvalue weighted by atomic mass is 19.1. The summed E-state index contributed by atoms with van der Waals surface area (Å²) in [4.78, 5) is 2.17. The molecule has 4 nitrogen and oxygen atoms in total. The molecule has 0 bridgehead atoms. The van der Waals surface area contributed by atoms with Gasteiger partial charge in [-0.1, -0.05) is 42.5 Å². The summed E-state index contributed by atoms with van der Waals surface area (Å²) in [7, 11) is 0. The zero-order valence-electron chi connectivity index (χ0n) is 15.6. The summed E-state index contributed by atoms with van der Waals surface area (Å²) in [6.45, 7) is 3.47. The van der Waals surface area contributed by atoms with Gasteiger partial charge in [0.1, 0.15) is 5.82 Å². The number of aliphatic hydroxyl groups is 1. The maximum Gasteiger partial charge on any atom is 0.123 e. The normalized spacial score (nSPS) is 18.1. The van der Waals surface area contributed by atoms with E-state index >= 15 is 0 Å². The van der Waals surface area contributed by atoms with Gasteiger partial charge in [0.25, 0.3) is 0 Å². The van der Waals surface area contributed by atoms with E-state index in [1.165, 1.54) is 12.1 Å². The van der Waals surface area contributed by atoms with Crippen LogP contribution in [0.1, 0.15) is 24.0 Å². The van der Waals surface area contributed by atoms with E-state index in [0.717, 1.165) is 37.1 Å². The first-order chi connectivity index (χ1) is 13.2. The molecule has 0 aliphatic carbocycles. The Balaban J connectivity index is 1.50. The van der Waals surface area contributed by atoms with Crippen LogP contribution in [0.15, 0.2) is 54.6 Å². The van der Waals surface area contributed by atoms with Crippen molar-refractivity contribution in [1.82, 2.24) is 4.90 Å². The summed E-state index contributed by atoms with van der Waals surface area (Å²) in [5.41, 5.74) is 2.11. The van der Waals surface area contributed by atoms with Gasteiger partial charge in [0.2, 0.25) is 0 Å². The number of benzene rings is 2. The second-order valence-corrected chi connectivity index (χ2v) is 7.11. The minimum atomic E-state index is -0.587. The number of aliphatic hydroxyl groups excluding tert-OH is 1. The Morgan fingerprint density at radius 3 is 2.59 bits per heavy atom. The van der Waals surface area contributed by atoms with E-state index in [1.807, 2.05) is 30.3 Å². The molecule has 0 spiro atoms. The fourth-order valence-electron chi connectivity index (χ4n) is 3.37. The highest BCUT2D eigenvalue weighted by molar-refractivity contribution is 5.16. The van der Waals surface area contributed by atoms with Gasteiger partial charge < -0.3 is 14.6 Å². The number of rotatable bonds is 10. The van der Waals surface area contributed by atoms with Gasteiger partial charge in [0.05, 0.1) is 25.4 Å². The van der Waals surface area contributed by atoms with E-state index in [4.69, 9.17) is 9.47 Å². The molecule has 5 heteroatoms. The Kier molecular flexibility index (Phi) is 7.78. The van der Waals surface area contributed by atoms with E-state index in [-0.39, 0.29) is 18.5 Å². The largest absolute Gasteiger partial charge is 0.389 e. The first-order valence-electron chi connectivity index (χ1n) is 9.57. The van der Waals surface area contributed by atoms with E-state index in [2.05, 4.69) is 4.90 Å². The van der Waals surface area contributed by atoms with Crippen LogP contribution >= 0.6 is 0 Å². The van der Waals surface area contributed by atoms with Gasteiger partial charge >= 0.3 is 0 Å². The molecule has 2 unspecified atom stereocenters. The predicted octanol–water partition coefficient (Wildman–Crippen LogP) is 3.38. The molecule has 2 aromatic rings. The standard InChI is InChI=1S/C22H28FNO3/c23-20-10-8-18(9-11-20)13-24(15-22-7-4-12-27-22)14-21(25)17-26-16-19-5-2-1-3-6-19/h1-3,5-6,8-11,21-22,25H,4,7,12-17H2. The van der Waals surface area contributed by atoms with Gasteiger partial charge in [0, 0.05) is 26.2 Å². The first kappa shape index (κ1) is 20.0. The average Bonchev–Trinajstić information content (AvgIpc) is 3.17. The highest BCUT2D eigenvalue weighted by Crippen LogP contribution is 2.16. The Morgan fingerprint density at radius 1 is 1.11 bits per heavy atom. The molecule has 0 radical (unpaired) electrons. The minimum absolute atomic E-state index is 0.197. The summed E-state index contributed by atoms with van der Waals surface area (Å²) in [5, 5.41) is 10.4. The third kappa shape index (κ3) is 7.03. The van der Waals surface area contributed by atoms with Gasteiger partial charge in [-0.2, -0.15) is 0 Å². The maximum atomic E-state index is 13.2. The molecule has 0 aromatic heterocycles. The highest BCUT2D eigenvalue weighted by Gasteiger charge is 2.21. The summed E-state index contributed by atoms with van der Waals surface area (Å²) in [6, 6.07) is 16.4. The molecular formula is C22H28FNO3. The van der Waals surface area contributed by atoms with Crippen LogP contribution in [0, 0.1) is 5.82 Å². The molecule has 1 aliphatic heterocycles. The zero-order valence-corrected chi connectivity index (χ0v) is 15.6. The van der Waals surface area contributed by atoms with Crippen LogP contribution in [0.5, 0.6) is 0 Å². The molecule has 27 heavy (non-hydrogen) atoms. The average molecular weight is 373 g/mol. The lowest BCUT2D eigenvalue weighted by Crippen LogP contribution is -2.39. The van der Waals surface area contributed by atoms with Gasteiger partial charge in [-0.3, -0.25) is 4.90 Å². The molecule has 2 atom stereocenters. The van der Waals surface area contributed by atoms with Crippen molar-refractivity contribution in [1.29, 1.82) is 0 Å². The van der Waals surface area contributed by atoms with Gasteiger partial charge in [-0.15, -0.1) is 0 Å². The topological polar surface area (TPSA) is 41.9 Å². The molecule has 2 aromatic carbocycles. The van der Waals surface area contributed by atoms with Crippen LogP contribution in [-0.4, -0.2) is 48.5 Å². The molecule has 1 N–H and O–H groups in total. The van der Waals surface area contributed by atoms with Crippen molar-refractivity contribution in [3.63, 3.8) is 0 Å². The third-order valence-corrected chi connectivity index (χ3v) is 4.70. The quantitative estimate of drug-likeness (QED) is 0.693. The Bertz CT molecular complexity index is 659. The maximum absolute atomic E-state index is 13.2. The van der Waals surface area contributed by atoms with Crippen LogP contribution in [0.25, 0.3) is 0 Å². The summed E-state index contributed by atoms with van der Waals surface area (Å²) < 4.78 is 24.6. The molecule has 1 fully saturated rings. The van der Waals surface area contributed by atoms with Gasteiger partial charge in [-0.25, -0.2) is 4.39 Å². The molecule has 0 amide bonds.